The fourth-order valence-electron chi connectivity index (χ4n) is 1.20. The van der Waals surface area contributed by atoms with Crippen molar-refractivity contribution < 1.29 is 4.79 Å². The highest BCUT2D eigenvalue weighted by Gasteiger charge is 2.07. The highest BCUT2D eigenvalue weighted by molar-refractivity contribution is 7.20. The van der Waals surface area contributed by atoms with E-state index in [1.54, 1.807) is 12.1 Å². The molecular weight excluding hydrogens is 184 g/mol. The minimum Gasteiger partial charge on any atom is -0.398 e. The maximum atomic E-state index is 10.9. The second-order valence-electron chi connectivity index (χ2n) is 2.73. The number of nitrogens with two attached hydrogens (primary N) is 2. The molecule has 0 aliphatic carbocycles. The molecule has 1 amide bonds. The van der Waals surface area contributed by atoms with E-state index in [0.717, 1.165) is 10.1 Å². The van der Waals surface area contributed by atoms with Crippen LogP contribution in [0.4, 0.5) is 5.69 Å². The van der Waals surface area contributed by atoms with Crippen molar-refractivity contribution in [2.45, 2.75) is 0 Å². The third-order valence-electron chi connectivity index (χ3n) is 1.84. The summed E-state index contributed by atoms with van der Waals surface area (Å²) in [6, 6.07) is 7.32. The number of hydrogen-bond donors (Lipinski definition) is 2. The van der Waals surface area contributed by atoms with Crippen LogP contribution in [0.3, 0.4) is 0 Å². The molecule has 0 bridgehead atoms. The summed E-state index contributed by atoms with van der Waals surface area (Å²) in [5.74, 6) is -0.402. The topological polar surface area (TPSA) is 69.1 Å². The SMILES string of the molecule is NC(=O)c1cc2c(N)cccc2s1. The van der Waals surface area contributed by atoms with Gasteiger partial charge in [0.25, 0.3) is 5.91 Å². The van der Waals surface area contributed by atoms with Crippen LogP contribution in [0.25, 0.3) is 10.1 Å². The molecule has 2 aromatic rings. The molecule has 1 aromatic heterocycles. The Morgan fingerprint density at radius 2 is 2.15 bits per heavy atom. The van der Waals surface area contributed by atoms with Crippen molar-refractivity contribution in [2.24, 2.45) is 5.73 Å². The van der Waals surface area contributed by atoms with Crippen molar-refractivity contribution in [3.63, 3.8) is 0 Å². The molecule has 4 N–H and O–H groups in total. The van der Waals surface area contributed by atoms with E-state index < -0.39 is 5.91 Å². The van der Waals surface area contributed by atoms with Crippen molar-refractivity contribution in [2.75, 3.05) is 5.73 Å². The Hall–Kier alpha value is -1.55. The normalized spacial score (nSPS) is 10.5. The molecule has 66 valence electrons. The standard InChI is InChI=1S/C9H8N2OS/c10-6-2-1-3-7-5(6)4-8(13-7)9(11)12/h1-4H,10H2,(H2,11,12). The molecule has 1 heterocycles. The molecule has 0 saturated heterocycles. The summed E-state index contributed by atoms with van der Waals surface area (Å²) in [6.07, 6.45) is 0. The molecule has 2 rings (SSSR count). The average molecular weight is 192 g/mol. The average Bonchev–Trinajstić information content (AvgIpc) is 2.49. The summed E-state index contributed by atoms with van der Waals surface area (Å²) < 4.78 is 0.994. The lowest BCUT2D eigenvalue weighted by molar-refractivity contribution is 0.100. The zero-order chi connectivity index (χ0) is 9.42. The van der Waals surface area contributed by atoms with E-state index in [9.17, 15) is 4.79 Å². The van der Waals surface area contributed by atoms with E-state index in [1.165, 1.54) is 11.3 Å². The van der Waals surface area contributed by atoms with Gasteiger partial charge < -0.3 is 11.5 Å². The second-order valence-corrected chi connectivity index (χ2v) is 3.82. The van der Waals surface area contributed by atoms with Crippen LogP contribution < -0.4 is 11.5 Å². The Morgan fingerprint density at radius 3 is 2.77 bits per heavy atom. The number of nitrogen functional groups attached to an aromatic ring is 1. The predicted molar refractivity (Wildman–Crippen MR) is 54.8 cm³/mol. The van der Waals surface area contributed by atoms with Crippen LogP contribution >= 0.6 is 11.3 Å². The van der Waals surface area contributed by atoms with Gasteiger partial charge in [0.15, 0.2) is 0 Å². The van der Waals surface area contributed by atoms with Gasteiger partial charge in [0.2, 0.25) is 0 Å². The van der Waals surface area contributed by atoms with E-state index in [2.05, 4.69) is 0 Å². The molecule has 4 heteroatoms. The van der Waals surface area contributed by atoms with Gasteiger partial charge in [-0.1, -0.05) is 6.07 Å². The number of hydrogen-bond acceptors (Lipinski definition) is 3. The van der Waals surface area contributed by atoms with Gasteiger partial charge in [-0.05, 0) is 18.2 Å². The number of carbonyl (C=O) groups is 1. The maximum absolute atomic E-state index is 10.9. The van der Waals surface area contributed by atoms with Crippen LogP contribution in [-0.4, -0.2) is 5.91 Å². The molecule has 0 spiro atoms. The van der Waals surface area contributed by atoms with Crippen LogP contribution in [-0.2, 0) is 0 Å². The van der Waals surface area contributed by atoms with Crippen molar-refractivity contribution in [3.8, 4) is 0 Å². The number of rotatable bonds is 1. The van der Waals surface area contributed by atoms with E-state index in [-0.39, 0.29) is 0 Å². The summed E-state index contributed by atoms with van der Waals surface area (Å²) in [6.45, 7) is 0. The third-order valence-corrected chi connectivity index (χ3v) is 2.95. The van der Waals surface area contributed by atoms with Crippen LogP contribution in [0, 0.1) is 0 Å². The maximum Gasteiger partial charge on any atom is 0.258 e. The second kappa shape index (κ2) is 2.74. The zero-order valence-corrected chi connectivity index (χ0v) is 7.60. The van der Waals surface area contributed by atoms with Gasteiger partial charge in [-0.25, -0.2) is 0 Å². The smallest absolute Gasteiger partial charge is 0.258 e. The number of fused-ring (bicyclic) bond motifs is 1. The lowest BCUT2D eigenvalue weighted by Gasteiger charge is -1.92. The minimum atomic E-state index is -0.402. The number of amides is 1. The Bertz CT molecular complexity index is 475. The molecule has 0 radical (unpaired) electrons. The summed E-state index contributed by atoms with van der Waals surface area (Å²) in [5, 5.41) is 0.904. The first-order valence-electron chi connectivity index (χ1n) is 3.76. The molecule has 0 atom stereocenters. The van der Waals surface area contributed by atoms with Crippen molar-refractivity contribution >= 4 is 33.0 Å². The third kappa shape index (κ3) is 1.25. The highest BCUT2D eigenvalue weighted by Crippen LogP contribution is 2.29. The first-order valence-corrected chi connectivity index (χ1v) is 4.58. The molecule has 0 aliphatic heterocycles. The fraction of sp³-hybridized carbons (Fsp3) is 0. The highest BCUT2D eigenvalue weighted by atomic mass is 32.1. The molecule has 13 heavy (non-hydrogen) atoms. The van der Waals surface area contributed by atoms with Gasteiger partial charge in [0.05, 0.1) is 4.88 Å². The van der Waals surface area contributed by atoms with E-state index in [1.807, 2.05) is 12.1 Å². The lowest BCUT2D eigenvalue weighted by atomic mass is 10.2. The molecule has 3 nitrogen and oxygen atoms in total. The summed E-state index contributed by atoms with van der Waals surface area (Å²) in [4.78, 5) is 11.4. The summed E-state index contributed by atoms with van der Waals surface area (Å²) in [5.41, 5.74) is 11.6. The molecule has 0 aliphatic rings. The quantitative estimate of drug-likeness (QED) is 0.673. The van der Waals surface area contributed by atoms with Gasteiger partial charge in [0, 0.05) is 15.8 Å². The van der Waals surface area contributed by atoms with Crippen LogP contribution in [0.1, 0.15) is 9.67 Å². The minimum absolute atomic E-state index is 0.402. The van der Waals surface area contributed by atoms with Gasteiger partial charge in [-0.2, -0.15) is 0 Å². The molecule has 0 saturated carbocycles. The Labute approximate surface area is 79.0 Å². The first kappa shape index (κ1) is 8.07. The molecule has 0 fully saturated rings. The van der Waals surface area contributed by atoms with Gasteiger partial charge in [-0.3, -0.25) is 4.79 Å². The van der Waals surface area contributed by atoms with E-state index in [4.69, 9.17) is 11.5 Å². The van der Waals surface area contributed by atoms with Crippen LogP contribution in [0.15, 0.2) is 24.3 Å². The molecule has 1 aromatic carbocycles. The Kier molecular flexibility index (Phi) is 1.70. The van der Waals surface area contributed by atoms with Crippen molar-refractivity contribution in [3.05, 3.63) is 29.1 Å². The largest absolute Gasteiger partial charge is 0.398 e. The van der Waals surface area contributed by atoms with Crippen molar-refractivity contribution in [1.82, 2.24) is 0 Å². The Balaban J connectivity index is 2.75. The zero-order valence-electron chi connectivity index (χ0n) is 6.78. The summed E-state index contributed by atoms with van der Waals surface area (Å²) >= 11 is 1.36. The van der Waals surface area contributed by atoms with Gasteiger partial charge >= 0.3 is 0 Å². The summed E-state index contributed by atoms with van der Waals surface area (Å²) in [7, 11) is 0. The molecular formula is C9H8N2OS. The number of benzene rings is 1. The van der Waals surface area contributed by atoms with Crippen molar-refractivity contribution in [1.29, 1.82) is 0 Å². The number of carbonyl (C=O) groups excluding carboxylic acids is 1. The number of primary amides is 1. The Morgan fingerprint density at radius 1 is 1.38 bits per heavy atom. The monoisotopic (exact) mass is 192 g/mol. The van der Waals surface area contributed by atoms with E-state index >= 15 is 0 Å². The van der Waals surface area contributed by atoms with Gasteiger partial charge in [-0.15, -0.1) is 11.3 Å². The van der Waals surface area contributed by atoms with Crippen LogP contribution in [0.5, 0.6) is 0 Å². The number of thiophene rings is 1. The number of anilines is 1. The fourth-order valence-corrected chi connectivity index (χ4v) is 2.15. The predicted octanol–water partition coefficient (Wildman–Crippen LogP) is 1.58. The first-order chi connectivity index (χ1) is 6.18. The van der Waals surface area contributed by atoms with Crippen LogP contribution in [0.2, 0.25) is 0 Å². The lowest BCUT2D eigenvalue weighted by Crippen LogP contribution is -2.08. The van der Waals surface area contributed by atoms with E-state index in [0.29, 0.717) is 10.6 Å². The molecule has 0 unspecified atom stereocenters. The van der Waals surface area contributed by atoms with Gasteiger partial charge in [0.1, 0.15) is 0 Å².